The van der Waals surface area contributed by atoms with Crippen molar-refractivity contribution in [1.29, 1.82) is 0 Å². The van der Waals surface area contributed by atoms with Crippen LogP contribution in [0.5, 0.6) is 0 Å². The van der Waals surface area contributed by atoms with E-state index >= 15 is 0 Å². The van der Waals surface area contributed by atoms with Crippen molar-refractivity contribution in [2.24, 2.45) is 0 Å². The van der Waals surface area contributed by atoms with Gasteiger partial charge in [-0.05, 0) is 0 Å². The van der Waals surface area contributed by atoms with Crippen molar-refractivity contribution >= 4 is 5.91 Å². The lowest BCUT2D eigenvalue weighted by Crippen LogP contribution is -2.43. The second kappa shape index (κ2) is 2.86. The molecule has 1 saturated heterocycles. The van der Waals surface area contributed by atoms with Gasteiger partial charge in [0.25, 0.3) is 0 Å². The average molecular weight is 158 g/mol. The van der Waals surface area contributed by atoms with E-state index in [1.807, 2.05) is 0 Å². The van der Waals surface area contributed by atoms with Crippen molar-refractivity contribution in [1.82, 2.24) is 4.90 Å². The Labute approximate surface area is 64.1 Å². The molecule has 5 nitrogen and oxygen atoms in total. The number of amides is 1. The summed E-state index contributed by atoms with van der Waals surface area (Å²) in [5, 5.41) is 10.3. The first-order chi connectivity index (χ1) is 5.11. The molecule has 0 aromatic rings. The number of nitrogens with zero attached hydrogens (tertiary/aromatic N) is 2. The fraction of sp³-hybridized carbons (Fsp3) is 0.833. The van der Waals surface area contributed by atoms with Crippen LogP contribution in [-0.2, 0) is 4.79 Å². The van der Waals surface area contributed by atoms with Crippen molar-refractivity contribution in [2.45, 2.75) is 18.9 Å². The third-order valence-corrected chi connectivity index (χ3v) is 1.90. The highest BCUT2D eigenvalue weighted by Crippen LogP contribution is 2.11. The number of hydrogen-bond donors (Lipinski definition) is 0. The lowest BCUT2D eigenvalue weighted by Gasteiger charge is -2.24. The Hall–Kier alpha value is -1.13. The van der Waals surface area contributed by atoms with Crippen LogP contribution in [-0.4, -0.2) is 35.4 Å². The molecule has 1 aliphatic rings. The van der Waals surface area contributed by atoms with Crippen LogP contribution < -0.4 is 0 Å². The van der Waals surface area contributed by atoms with Crippen molar-refractivity contribution < 1.29 is 9.72 Å². The Balaban J connectivity index is 2.52. The molecular weight excluding hydrogens is 148 g/mol. The van der Waals surface area contributed by atoms with Crippen molar-refractivity contribution in [3.63, 3.8) is 0 Å². The molecule has 5 heteroatoms. The summed E-state index contributed by atoms with van der Waals surface area (Å²) in [6, 6.07) is -0.558. The molecule has 0 saturated carbocycles. The number of likely N-dealkylation sites (N-methyl/N-ethyl adjacent to an activating group) is 1. The minimum absolute atomic E-state index is 0.00287. The minimum Gasteiger partial charge on any atom is -0.339 e. The highest BCUT2D eigenvalue weighted by molar-refractivity contribution is 5.76. The molecule has 0 spiro atoms. The first-order valence-corrected chi connectivity index (χ1v) is 3.48. The van der Waals surface area contributed by atoms with E-state index in [0.29, 0.717) is 12.8 Å². The topological polar surface area (TPSA) is 63.4 Å². The molecular formula is C6H10N2O3. The maximum Gasteiger partial charge on any atom is 0.230 e. The van der Waals surface area contributed by atoms with E-state index in [4.69, 9.17) is 0 Å². The minimum atomic E-state index is -0.558. The van der Waals surface area contributed by atoms with Crippen LogP contribution in [0.1, 0.15) is 12.8 Å². The third kappa shape index (κ3) is 1.66. The van der Waals surface area contributed by atoms with Gasteiger partial charge in [0, 0.05) is 24.8 Å². The Morgan fingerprint density at radius 1 is 1.73 bits per heavy atom. The van der Waals surface area contributed by atoms with Gasteiger partial charge >= 0.3 is 0 Å². The van der Waals surface area contributed by atoms with Crippen LogP contribution in [0.4, 0.5) is 0 Å². The number of rotatable bonds is 1. The van der Waals surface area contributed by atoms with Gasteiger partial charge in [0.1, 0.15) is 0 Å². The molecule has 0 N–H and O–H groups in total. The number of hydrogen-bond acceptors (Lipinski definition) is 3. The summed E-state index contributed by atoms with van der Waals surface area (Å²) < 4.78 is 0. The average Bonchev–Trinajstić information content (AvgIpc) is 1.94. The van der Waals surface area contributed by atoms with Crippen LogP contribution in [0.25, 0.3) is 0 Å². The maximum absolute atomic E-state index is 10.9. The second-order valence-electron chi connectivity index (χ2n) is 2.75. The molecule has 0 radical (unpaired) electrons. The zero-order chi connectivity index (χ0) is 8.43. The number of nitro groups is 1. The molecule has 1 rings (SSSR count). The lowest BCUT2D eigenvalue weighted by molar-refractivity contribution is -0.524. The van der Waals surface area contributed by atoms with Gasteiger partial charge in [0.05, 0.1) is 6.54 Å². The first-order valence-electron chi connectivity index (χ1n) is 3.48. The molecule has 1 atom stereocenters. The van der Waals surface area contributed by atoms with Gasteiger partial charge in [-0.1, -0.05) is 0 Å². The van der Waals surface area contributed by atoms with Gasteiger partial charge in [-0.2, -0.15) is 0 Å². The SMILES string of the molecule is CN1CC([N+](=O)[O-])CCC1=O. The van der Waals surface area contributed by atoms with Crippen LogP contribution in [0, 0.1) is 10.1 Å². The van der Waals surface area contributed by atoms with E-state index in [2.05, 4.69) is 0 Å². The largest absolute Gasteiger partial charge is 0.339 e. The quantitative estimate of drug-likeness (QED) is 0.395. The summed E-state index contributed by atoms with van der Waals surface area (Å²) in [6.45, 7) is 0.256. The molecule has 1 unspecified atom stereocenters. The molecule has 62 valence electrons. The Morgan fingerprint density at radius 3 is 2.82 bits per heavy atom. The zero-order valence-corrected chi connectivity index (χ0v) is 6.32. The fourth-order valence-electron chi connectivity index (χ4n) is 1.16. The zero-order valence-electron chi connectivity index (χ0n) is 6.32. The van der Waals surface area contributed by atoms with Crippen LogP contribution >= 0.6 is 0 Å². The molecule has 0 aliphatic carbocycles. The van der Waals surface area contributed by atoms with Gasteiger partial charge in [-0.25, -0.2) is 0 Å². The molecule has 1 amide bonds. The van der Waals surface area contributed by atoms with Crippen LogP contribution in [0.3, 0.4) is 0 Å². The summed E-state index contributed by atoms with van der Waals surface area (Å²) in [6.07, 6.45) is 0.693. The van der Waals surface area contributed by atoms with Gasteiger partial charge in [-0.3, -0.25) is 14.9 Å². The number of likely N-dealkylation sites (tertiary alicyclic amines) is 1. The monoisotopic (exact) mass is 158 g/mol. The van der Waals surface area contributed by atoms with Crippen molar-refractivity contribution in [2.75, 3.05) is 13.6 Å². The van der Waals surface area contributed by atoms with E-state index in [0.717, 1.165) is 0 Å². The highest BCUT2D eigenvalue weighted by atomic mass is 16.6. The molecule has 1 heterocycles. The molecule has 11 heavy (non-hydrogen) atoms. The number of carbonyl (C=O) groups excluding carboxylic acids is 1. The Morgan fingerprint density at radius 2 is 2.36 bits per heavy atom. The first kappa shape index (κ1) is 7.97. The second-order valence-corrected chi connectivity index (χ2v) is 2.75. The maximum atomic E-state index is 10.9. The van der Waals surface area contributed by atoms with Gasteiger partial charge in [0.15, 0.2) is 0 Å². The van der Waals surface area contributed by atoms with Gasteiger partial charge < -0.3 is 4.90 Å². The summed E-state index contributed by atoms with van der Waals surface area (Å²) in [5.41, 5.74) is 0. The van der Waals surface area contributed by atoms with E-state index < -0.39 is 6.04 Å². The normalized spacial score (nSPS) is 25.4. The summed E-state index contributed by atoms with van der Waals surface area (Å²) in [5.74, 6) is 0.00287. The van der Waals surface area contributed by atoms with Crippen molar-refractivity contribution in [3.05, 3.63) is 10.1 Å². The van der Waals surface area contributed by atoms with E-state index in [-0.39, 0.29) is 17.4 Å². The molecule has 1 fully saturated rings. The summed E-state index contributed by atoms with van der Waals surface area (Å²) >= 11 is 0. The number of carbonyl (C=O) groups is 1. The Kier molecular flexibility index (Phi) is 2.07. The van der Waals surface area contributed by atoms with Crippen LogP contribution in [0.2, 0.25) is 0 Å². The summed E-state index contributed by atoms with van der Waals surface area (Å²) in [4.78, 5) is 22.2. The molecule has 0 aromatic carbocycles. The molecule has 0 bridgehead atoms. The predicted octanol–water partition coefficient (Wildman–Crippen LogP) is -0.116. The third-order valence-electron chi connectivity index (χ3n) is 1.90. The van der Waals surface area contributed by atoms with E-state index in [1.54, 1.807) is 7.05 Å². The Bertz CT molecular complexity index is 192. The van der Waals surface area contributed by atoms with E-state index in [1.165, 1.54) is 4.90 Å². The fourth-order valence-corrected chi connectivity index (χ4v) is 1.16. The van der Waals surface area contributed by atoms with Gasteiger partial charge in [0.2, 0.25) is 11.9 Å². The number of piperidine rings is 1. The van der Waals surface area contributed by atoms with Crippen molar-refractivity contribution in [3.8, 4) is 0 Å². The van der Waals surface area contributed by atoms with Gasteiger partial charge in [-0.15, -0.1) is 0 Å². The summed E-state index contributed by atoms with van der Waals surface area (Å²) in [7, 11) is 1.60. The predicted molar refractivity (Wildman–Crippen MR) is 37.7 cm³/mol. The smallest absolute Gasteiger partial charge is 0.230 e. The molecule has 0 aromatic heterocycles. The standard InChI is InChI=1S/C6H10N2O3/c1-7-4-5(8(10)11)2-3-6(7)9/h5H,2-4H2,1H3. The molecule has 1 aliphatic heterocycles. The highest BCUT2D eigenvalue weighted by Gasteiger charge is 2.30. The van der Waals surface area contributed by atoms with E-state index in [9.17, 15) is 14.9 Å². The lowest BCUT2D eigenvalue weighted by atomic mass is 10.1. The van der Waals surface area contributed by atoms with Crippen LogP contribution in [0.15, 0.2) is 0 Å².